The highest BCUT2D eigenvalue weighted by atomic mass is 35.5. The van der Waals surface area contributed by atoms with E-state index in [2.05, 4.69) is 4.90 Å². The second kappa shape index (κ2) is 7.80. The Kier molecular flexibility index (Phi) is 5.50. The fraction of sp³-hybridized carbons (Fsp3) is 0.350. The summed E-state index contributed by atoms with van der Waals surface area (Å²) < 4.78 is 27.7. The van der Waals surface area contributed by atoms with E-state index in [1.807, 2.05) is 6.07 Å². The van der Waals surface area contributed by atoms with Crippen LogP contribution in [0, 0.1) is 0 Å². The second-order valence-electron chi connectivity index (χ2n) is 7.28. The first kappa shape index (κ1) is 20.5. The van der Waals surface area contributed by atoms with E-state index >= 15 is 0 Å². The molecule has 2 aromatic carbocycles. The van der Waals surface area contributed by atoms with Crippen molar-refractivity contribution < 1.29 is 18.3 Å². The summed E-state index contributed by atoms with van der Waals surface area (Å²) in [5, 5.41) is 10.3. The van der Waals surface area contributed by atoms with Crippen molar-refractivity contribution >= 4 is 44.9 Å². The van der Waals surface area contributed by atoms with Gasteiger partial charge in [-0.1, -0.05) is 29.3 Å². The van der Waals surface area contributed by atoms with Crippen LogP contribution in [0.25, 0.3) is 0 Å². The highest BCUT2D eigenvalue weighted by molar-refractivity contribution is 7.89. The van der Waals surface area contributed by atoms with E-state index in [-0.39, 0.29) is 4.90 Å². The lowest BCUT2D eigenvalue weighted by Crippen LogP contribution is -2.48. The minimum atomic E-state index is -3.69. The van der Waals surface area contributed by atoms with Crippen LogP contribution in [0.5, 0.6) is 0 Å². The minimum Gasteiger partial charge on any atom is -0.481 e. The molecule has 1 aliphatic heterocycles. The van der Waals surface area contributed by atoms with Gasteiger partial charge in [0.1, 0.15) is 0 Å². The Bertz CT molecular complexity index is 1070. The molecule has 4 rings (SSSR count). The molecule has 0 bridgehead atoms. The summed E-state index contributed by atoms with van der Waals surface area (Å²) in [7, 11) is -3.69. The summed E-state index contributed by atoms with van der Waals surface area (Å²) >= 11 is 12.1. The van der Waals surface area contributed by atoms with Gasteiger partial charge < -0.3 is 10.0 Å². The molecule has 1 aliphatic carbocycles. The lowest BCUT2D eigenvalue weighted by Gasteiger charge is -2.35. The minimum absolute atomic E-state index is 0.160. The number of hydrogen-bond donors (Lipinski definition) is 1. The number of halogens is 2. The smallest absolute Gasteiger partial charge is 0.310 e. The number of rotatable bonds is 4. The van der Waals surface area contributed by atoms with Gasteiger partial charge in [0.15, 0.2) is 0 Å². The first-order valence-corrected chi connectivity index (χ1v) is 11.5. The summed E-state index contributed by atoms with van der Waals surface area (Å²) in [5.41, 5.74) is 2.44. The number of nitrogens with zero attached hydrogens (tertiary/aromatic N) is 2. The van der Waals surface area contributed by atoms with Crippen molar-refractivity contribution in [2.24, 2.45) is 0 Å². The number of fused-ring (bicyclic) bond motifs is 1. The maximum atomic E-state index is 13.1. The molecule has 0 amide bonds. The normalized spacial score (nSPS) is 19.9. The number of aliphatic carboxylic acids is 1. The second-order valence-corrected chi connectivity index (χ2v) is 10.0. The molecule has 2 aliphatic rings. The molecule has 1 N–H and O–H groups in total. The van der Waals surface area contributed by atoms with Crippen LogP contribution in [-0.4, -0.2) is 50.0 Å². The van der Waals surface area contributed by atoms with E-state index in [0.717, 1.165) is 11.3 Å². The van der Waals surface area contributed by atoms with Gasteiger partial charge in [-0.05, 0) is 54.3 Å². The Balaban J connectivity index is 1.52. The SMILES string of the molecule is O=C(O)C1CCc2ccc(S(=O)(=O)N3CCN(c4ccc(Cl)c(Cl)c4)CC3)cc21. The molecule has 1 atom stereocenters. The molecule has 1 saturated heterocycles. The Hall–Kier alpha value is -1.80. The maximum absolute atomic E-state index is 13.1. The van der Waals surface area contributed by atoms with Crippen molar-refractivity contribution in [1.82, 2.24) is 4.31 Å². The molecule has 1 fully saturated rings. The Labute approximate surface area is 179 Å². The predicted molar refractivity (Wildman–Crippen MR) is 113 cm³/mol. The van der Waals surface area contributed by atoms with E-state index in [4.69, 9.17) is 23.2 Å². The summed E-state index contributed by atoms with van der Waals surface area (Å²) in [4.78, 5) is 13.7. The van der Waals surface area contributed by atoms with Crippen LogP contribution in [-0.2, 0) is 21.2 Å². The molecule has 0 saturated carbocycles. The third kappa shape index (κ3) is 3.84. The fourth-order valence-electron chi connectivity index (χ4n) is 4.01. The van der Waals surface area contributed by atoms with Gasteiger partial charge >= 0.3 is 5.97 Å². The number of anilines is 1. The Morgan fingerprint density at radius 1 is 1.00 bits per heavy atom. The van der Waals surface area contributed by atoms with E-state index in [1.165, 1.54) is 4.31 Å². The van der Waals surface area contributed by atoms with Gasteiger partial charge in [0.25, 0.3) is 0 Å². The zero-order valence-corrected chi connectivity index (χ0v) is 17.8. The van der Waals surface area contributed by atoms with E-state index in [9.17, 15) is 18.3 Å². The quantitative estimate of drug-likeness (QED) is 0.762. The largest absolute Gasteiger partial charge is 0.481 e. The lowest BCUT2D eigenvalue weighted by molar-refractivity contribution is -0.138. The zero-order valence-electron chi connectivity index (χ0n) is 15.5. The summed E-state index contributed by atoms with van der Waals surface area (Å²) in [6, 6.07) is 10.2. The Morgan fingerprint density at radius 2 is 1.72 bits per heavy atom. The topological polar surface area (TPSA) is 77.9 Å². The molecule has 29 heavy (non-hydrogen) atoms. The summed E-state index contributed by atoms with van der Waals surface area (Å²) in [6.45, 7) is 1.73. The van der Waals surface area contributed by atoms with E-state index in [1.54, 1.807) is 30.3 Å². The molecule has 0 aromatic heterocycles. The number of benzene rings is 2. The molecule has 9 heteroatoms. The van der Waals surface area contributed by atoms with Gasteiger partial charge in [-0.3, -0.25) is 4.79 Å². The first-order chi connectivity index (χ1) is 13.8. The van der Waals surface area contributed by atoms with Gasteiger partial charge in [0.05, 0.1) is 20.9 Å². The molecular weight excluding hydrogens is 435 g/mol. The third-order valence-electron chi connectivity index (χ3n) is 5.64. The predicted octanol–water partition coefficient (Wildman–Crippen LogP) is 3.62. The molecule has 2 aromatic rings. The van der Waals surface area contributed by atoms with Gasteiger partial charge in [0.2, 0.25) is 10.0 Å². The van der Waals surface area contributed by atoms with Crippen LogP contribution in [0.4, 0.5) is 5.69 Å². The number of piperazine rings is 1. The van der Waals surface area contributed by atoms with Gasteiger partial charge in [-0.15, -0.1) is 0 Å². The van der Waals surface area contributed by atoms with Gasteiger partial charge in [0, 0.05) is 31.9 Å². The van der Waals surface area contributed by atoms with Crippen LogP contribution in [0.1, 0.15) is 23.5 Å². The van der Waals surface area contributed by atoms with Crippen LogP contribution in [0.3, 0.4) is 0 Å². The van der Waals surface area contributed by atoms with Crippen molar-refractivity contribution in [3.05, 3.63) is 57.6 Å². The Morgan fingerprint density at radius 3 is 2.38 bits per heavy atom. The standard InChI is InChI=1S/C20H20Cl2N2O4S/c21-18-6-3-14(11-19(18)22)23-7-9-24(10-8-23)29(27,28)15-4-1-13-2-5-16(20(25)26)17(13)12-15/h1,3-4,6,11-12,16H,2,5,7-10H2,(H,25,26). The maximum Gasteiger partial charge on any atom is 0.310 e. The average molecular weight is 455 g/mol. The van der Waals surface area contributed by atoms with Gasteiger partial charge in [-0.2, -0.15) is 4.31 Å². The third-order valence-corrected chi connectivity index (χ3v) is 8.27. The summed E-state index contributed by atoms with van der Waals surface area (Å²) in [6.07, 6.45) is 1.17. The molecular formula is C20H20Cl2N2O4S. The van der Waals surface area contributed by atoms with E-state index < -0.39 is 21.9 Å². The lowest BCUT2D eigenvalue weighted by atomic mass is 10.0. The molecule has 1 heterocycles. The van der Waals surface area contributed by atoms with Crippen molar-refractivity contribution in [3.63, 3.8) is 0 Å². The molecule has 6 nitrogen and oxygen atoms in total. The monoisotopic (exact) mass is 454 g/mol. The van der Waals surface area contributed by atoms with Crippen LogP contribution in [0.2, 0.25) is 10.0 Å². The fourth-order valence-corrected chi connectivity index (χ4v) is 5.77. The van der Waals surface area contributed by atoms with Crippen molar-refractivity contribution in [2.45, 2.75) is 23.7 Å². The number of carboxylic acid groups (broad SMARTS) is 1. The summed E-state index contributed by atoms with van der Waals surface area (Å²) in [5.74, 6) is -1.54. The van der Waals surface area contributed by atoms with Crippen LogP contribution < -0.4 is 4.90 Å². The first-order valence-electron chi connectivity index (χ1n) is 9.33. The molecule has 154 valence electrons. The van der Waals surface area contributed by atoms with Gasteiger partial charge in [-0.25, -0.2) is 8.42 Å². The number of aryl methyl sites for hydroxylation is 1. The van der Waals surface area contributed by atoms with Crippen molar-refractivity contribution in [3.8, 4) is 0 Å². The number of carboxylic acids is 1. The highest BCUT2D eigenvalue weighted by Gasteiger charge is 2.33. The molecule has 0 radical (unpaired) electrons. The number of hydrogen-bond acceptors (Lipinski definition) is 4. The van der Waals surface area contributed by atoms with Crippen molar-refractivity contribution in [2.75, 3.05) is 31.1 Å². The highest BCUT2D eigenvalue weighted by Crippen LogP contribution is 2.35. The number of carbonyl (C=O) groups is 1. The van der Waals surface area contributed by atoms with Crippen molar-refractivity contribution in [1.29, 1.82) is 0 Å². The van der Waals surface area contributed by atoms with E-state index in [0.29, 0.717) is 54.6 Å². The number of sulfonamides is 1. The molecule has 1 unspecified atom stereocenters. The van der Waals surface area contributed by atoms with Crippen LogP contribution in [0.15, 0.2) is 41.3 Å². The average Bonchev–Trinajstić information content (AvgIpc) is 3.14. The molecule has 0 spiro atoms. The zero-order chi connectivity index (χ0) is 20.8. The van der Waals surface area contributed by atoms with Crippen LogP contribution >= 0.6 is 23.2 Å².